The van der Waals surface area contributed by atoms with Crippen LogP contribution in [-0.4, -0.2) is 41.1 Å². The Kier molecular flexibility index (Phi) is 4.10. The second kappa shape index (κ2) is 5.58. The van der Waals surface area contributed by atoms with Crippen molar-refractivity contribution in [3.05, 3.63) is 11.8 Å². The van der Waals surface area contributed by atoms with Gasteiger partial charge in [0.1, 0.15) is 5.82 Å². The third kappa shape index (κ3) is 2.83. The molecular formula is C12H20N4S. The van der Waals surface area contributed by atoms with Crippen LogP contribution in [0, 0.1) is 6.92 Å². The smallest absolute Gasteiger partial charge is 0.224 e. The largest absolute Gasteiger partial charge is 0.355 e. The number of nitrogens with one attached hydrogen (secondary N) is 1. The van der Waals surface area contributed by atoms with Crippen LogP contribution in [0.4, 0.5) is 11.8 Å². The molecule has 1 unspecified atom stereocenters. The molecule has 0 radical (unpaired) electrons. The van der Waals surface area contributed by atoms with E-state index in [1.807, 2.05) is 18.0 Å². The molecule has 4 nitrogen and oxygen atoms in total. The predicted octanol–water partition coefficient (Wildman–Crippen LogP) is 2.16. The van der Waals surface area contributed by atoms with Gasteiger partial charge in [-0.2, -0.15) is 16.7 Å². The number of anilines is 2. The summed E-state index contributed by atoms with van der Waals surface area (Å²) >= 11 is 2.02. The Hall–Kier alpha value is -0.970. The fourth-order valence-corrected chi connectivity index (χ4v) is 3.30. The molecule has 94 valence electrons. The summed E-state index contributed by atoms with van der Waals surface area (Å²) < 4.78 is 0. The molecule has 1 aromatic rings. The van der Waals surface area contributed by atoms with Gasteiger partial charge in [0.05, 0.1) is 0 Å². The molecule has 1 aliphatic heterocycles. The summed E-state index contributed by atoms with van der Waals surface area (Å²) in [6.45, 7) is 4.98. The van der Waals surface area contributed by atoms with Crippen molar-refractivity contribution < 1.29 is 0 Å². The average Bonchev–Trinajstić information content (AvgIpc) is 2.85. The minimum Gasteiger partial charge on any atom is -0.355 e. The maximum absolute atomic E-state index is 4.60. The lowest BCUT2D eigenvalue weighted by molar-refractivity contribution is 0.688. The van der Waals surface area contributed by atoms with Crippen molar-refractivity contribution in [2.24, 2.45) is 0 Å². The van der Waals surface area contributed by atoms with Gasteiger partial charge in [-0.1, -0.05) is 0 Å². The van der Waals surface area contributed by atoms with Gasteiger partial charge in [0.15, 0.2) is 0 Å². The fraction of sp³-hybridized carbons (Fsp3) is 0.667. The van der Waals surface area contributed by atoms with Crippen molar-refractivity contribution in [1.29, 1.82) is 0 Å². The van der Waals surface area contributed by atoms with Crippen LogP contribution in [0.5, 0.6) is 0 Å². The molecule has 1 aliphatic rings. The number of aryl methyl sites for hydroxylation is 1. The molecule has 0 bridgehead atoms. The summed E-state index contributed by atoms with van der Waals surface area (Å²) in [4.78, 5) is 11.2. The Balaban J connectivity index is 2.19. The van der Waals surface area contributed by atoms with Crippen LogP contribution < -0.4 is 10.2 Å². The number of hydrogen-bond donors (Lipinski definition) is 1. The van der Waals surface area contributed by atoms with Crippen LogP contribution in [-0.2, 0) is 0 Å². The minimum absolute atomic E-state index is 0.614. The Bertz CT molecular complexity index is 377. The standard InChI is InChI=1S/C12H20N4S/c1-4-13-12-14-7-9(2)11(15-12)16(3)10-5-6-17-8-10/h7,10H,4-6,8H2,1-3H3,(H,13,14,15). The van der Waals surface area contributed by atoms with E-state index in [1.54, 1.807) is 0 Å². The number of thioether (sulfide) groups is 1. The van der Waals surface area contributed by atoms with E-state index < -0.39 is 0 Å². The van der Waals surface area contributed by atoms with Crippen molar-refractivity contribution in [3.8, 4) is 0 Å². The maximum Gasteiger partial charge on any atom is 0.224 e. The van der Waals surface area contributed by atoms with Gasteiger partial charge >= 0.3 is 0 Å². The molecule has 2 rings (SSSR count). The number of nitrogens with zero attached hydrogens (tertiary/aromatic N) is 3. The van der Waals surface area contributed by atoms with E-state index >= 15 is 0 Å². The van der Waals surface area contributed by atoms with Crippen LogP contribution >= 0.6 is 11.8 Å². The molecule has 1 N–H and O–H groups in total. The summed E-state index contributed by atoms with van der Waals surface area (Å²) in [5.74, 6) is 4.25. The Morgan fingerprint density at radius 2 is 2.41 bits per heavy atom. The van der Waals surface area contributed by atoms with Crippen molar-refractivity contribution >= 4 is 23.5 Å². The van der Waals surface area contributed by atoms with Gasteiger partial charge in [0.2, 0.25) is 5.95 Å². The van der Waals surface area contributed by atoms with Crippen LogP contribution in [0.25, 0.3) is 0 Å². The van der Waals surface area contributed by atoms with Gasteiger partial charge in [-0.05, 0) is 26.0 Å². The second-order valence-corrected chi connectivity index (χ2v) is 5.51. The molecular weight excluding hydrogens is 232 g/mol. The van der Waals surface area contributed by atoms with E-state index in [1.165, 1.54) is 17.9 Å². The molecule has 0 aliphatic carbocycles. The van der Waals surface area contributed by atoms with Crippen molar-refractivity contribution in [3.63, 3.8) is 0 Å². The molecule has 0 amide bonds. The van der Waals surface area contributed by atoms with Gasteiger partial charge in [0, 0.05) is 37.1 Å². The van der Waals surface area contributed by atoms with E-state index in [0.717, 1.165) is 23.9 Å². The Morgan fingerprint density at radius 1 is 1.59 bits per heavy atom. The quantitative estimate of drug-likeness (QED) is 0.889. The van der Waals surface area contributed by atoms with Crippen LogP contribution in [0.2, 0.25) is 0 Å². The van der Waals surface area contributed by atoms with Gasteiger partial charge in [-0.25, -0.2) is 4.98 Å². The lowest BCUT2D eigenvalue weighted by atomic mass is 10.2. The molecule has 0 aromatic carbocycles. The molecule has 5 heteroatoms. The highest BCUT2D eigenvalue weighted by atomic mass is 32.2. The first-order valence-corrected chi connectivity index (χ1v) is 7.26. The first-order valence-electron chi connectivity index (χ1n) is 6.10. The Morgan fingerprint density at radius 3 is 3.06 bits per heavy atom. The zero-order valence-corrected chi connectivity index (χ0v) is 11.5. The SMILES string of the molecule is CCNc1ncc(C)c(N(C)C2CCSC2)n1. The summed E-state index contributed by atoms with van der Waals surface area (Å²) in [5.41, 5.74) is 1.14. The predicted molar refractivity (Wildman–Crippen MR) is 75.1 cm³/mol. The second-order valence-electron chi connectivity index (χ2n) is 4.36. The zero-order valence-electron chi connectivity index (χ0n) is 10.7. The minimum atomic E-state index is 0.614. The number of aromatic nitrogens is 2. The molecule has 2 heterocycles. The molecule has 1 atom stereocenters. The van der Waals surface area contributed by atoms with E-state index in [-0.39, 0.29) is 0 Å². The molecule has 17 heavy (non-hydrogen) atoms. The summed E-state index contributed by atoms with van der Waals surface area (Å²) in [6, 6.07) is 0.614. The van der Waals surface area contributed by atoms with Gasteiger partial charge < -0.3 is 10.2 Å². The molecule has 1 fully saturated rings. The lowest BCUT2D eigenvalue weighted by Crippen LogP contribution is -2.32. The van der Waals surface area contributed by atoms with Gasteiger partial charge in [-0.3, -0.25) is 0 Å². The fourth-order valence-electron chi connectivity index (χ4n) is 2.03. The normalized spacial score (nSPS) is 19.4. The van der Waals surface area contributed by atoms with Crippen LogP contribution in [0.3, 0.4) is 0 Å². The first-order chi connectivity index (χ1) is 8.22. The van der Waals surface area contributed by atoms with Gasteiger partial charge in [0.25, 0.3) is 0 Å². The van der Waals surface area contributed by atoms with Crippen molar-refractivity contribution in [2.45, 2.75) is 26.3 Å². The summed E-state index contributed by atoms with van der Waals surface area (Å²) in [5, 5.41) is 3.17. The molecule has 0 spiro atoms. The Labute approximate surface area is 107 Å². The molecule has 0 saturated carbocycles. The summed E-state index contributed by atoms with van der Waals surface area (Å²) in [7, 11) is 2.14. The van der Waals surface area contributed by atoms with E-state index in [2.05, 4.69) is 41.1 Å². The third-order valence-corrected chi connectivity index (χ3v) is 4.21. The topological polar surface area (TPSA) is 41.1 Å². The first kappa shape index (κ1) is 12.5. The zero-order chi connectivity index (χ0) is 12.3. The highest BCUT2D eigenvalue weighted by Gasteiger charge is 2.22. The molecule has 1 saturated heterocycles. The third-order valence-electron chi connectivity index (χ3n) is 3.07. The van der Waals surface area contributed by atoms with Crippen LogP contribution in [0.15, 0.2) is 6.20 Å². The number of hydrogen-bond acceptors (Lipinski definition) is 5. The lowest BCUT2D eigenvalue weighted by Gasteiger charge is -2.26. The highest BCUT2D eigenvalue weighted by Crippen LogP contribution is 2.26. The number of rotatable bonds is 4. The summed E-state index contributed by atoms with van der Waals surface area (Å²) in [6.07, 6.45) is 3.15. The molecule has 1 aromatic heterocycles. The van der Waals surface area contributed by atoms with Crippen LogP contribution in [0.1, 0.15) is 18.9 Å². The average molecular weight is 252 g/mol. The van der Waals surface area contributed by atoms with Gasteiger partial charge in [-0.15, -0.1) is 0 Å². The van der Waals surface area contributed by atoms with E-state index in [0.29, 0.717) is 6.04 Å². The highest BCUT2D eigenvalue weighted by molar-refractivity contribution is 7.99. The van der Waals surface area contributed by atoms with Crippen molar-refractivity contribution in [2.75, 3.05) is 35.3 Å². The maximum atomic E-state index is 4.60. The van der Waals surface area contributed by atoms with E-state index in [4.69, 9.17) is 0 Å². The van der Waals surface area contributed by atoms with E-state index in [9.17, 15) is 0 Å². The monoisotopic (exact) mass is 252 g/mol. The van der Waals surface area contributed by atoms with Crippen molar-refractivity contribution in [1.82, 2.24) is 9.97 Å².